The van der Waals surface area contributed by atoms with Crippen LogP contribution in [0, 0.1) is 6.92 Å². The number of rotatable bonds is 0. The van der Waals surface area contributed by atoms with Crippen LogP contribution >= 0.6 is 10.5 Å². The van der Waals surface area contributed by atoms with E-state index in [1.165, 1.54) is 15.6 Å². The average Bonchev–Trinajstić information content (AvgIpc) is 2.32. The molecule has 1 unspecified atom stereocenters. The highest BCUT2D eigenvalue weighted by atomic mass is 32.2. The van der Waals surface area contributed by atoms with Gasteiger partial charge in [-0.2, -0.15) is 0 Å². The molecule has 0 aliphatic heterocycles. The molecule has 0 amide bonds. The molecule has 1 aromatic carbocycles. The van der Waals surface area contributed by atoms with Gasteiger partial charge >= 0.3 is 0 Å². The van der Waals surface area contributed by atoms with Gasteiger partial charge in [0.25, 0.3) is 0 Å². The molecule has 1 heterocycles. The molecule has 0 fully saturated rings. The second-order valence-electron chi connectivity index (χ2n) is 2.90. The largest absolute Gasteiger partial charge is 0.180 e. The summed E-state index contributed by atoms with van der Waals surface area (Å²) in [7, 11) is 0.363. The zero-order valence-electron chi connectivity index (χ0n) is 6.79. The highest BCUT2D eigenvalue weighted by Crippen LogP contribution is 2.29. The van der Waals surface area contributed by atoms with E-state index in [2.05, 4.69) is 42.8 Å². The molecule has 0 spiro atoms. The fourth-order valence-electron chi connectivity index (χ4n) is 1.34. The Morgan fingerprint density at radius 3 is 2.82 bits per heavy atom. The van der Waals surface area contributed by atoms with Crippen LogP contribution in [0.5, 0.6) is 0 Å². The summed E-state index contributed by atoms with van der Waals surface area (Å²) in [6, 6.07) is 8.91. The Balaban J connectivity index is 2.86. The Labute approximate surface area is 69.5 Å². The van der Waals surface area contributed by atoms with Gasteiger partial charge in [0.1, 0.15) is 11.6 Å². The molecule has 0 aliphatic carbocycles. The van der Waals surface area contributed by atoms with Crippen LogP contribution in [0.4, 0.5) is 0 Å². The molecule has 0 radical (unpaired) electrons. The van der Waals surface area contributed by atoms with Gasteiger partial charge in [-0.15, -0.1) is 0 Å². The molecular formula is C10H11S+. The number of hydrogen-bond acceptors (Lipinski definition) is 0. The van der Waals surface area contributed by atoms with Crippen molar-refractivity contribution in [3.05, 3.63) is 35.2 Å². The summed E-state index contributed by atoms with van der Waals surface area (Å²) in [4.78, 5) is 0. The lowest BCUT2D eigenvalue weighted by atomic mass is 10.2. The van der Waals surface area contributed by atoms with Crippen molar-refractivity contribution >= 4 is 20.6 Å². The van der Waals surface area contributed by atoms with Crippen LogP contribution in [-0.4, -0.2) is 0 Å². The van der Waals surface area contributed by atoms with Gasteiger partial charge in [-0.25, -0.2) is 0 Å². The first-order chi connectivity index (χ1) is 5.27. The molecule has 11 heavy (non-hydrogen) atoms. The van der Waals surface area contributed by atoms with E-state index in [1.807, 2.05) is 0 Å². The van der Waals surface area contributed by atoms with Gasteiger partial charge < -0.3 is 0 Å². The van der Waals surface area contributed by atoms with Gasteiger partial charge in [-0.3, -0.25) is 0 Å². The van der Waals surface area contributed by atoms with E-state index in [4.69, 9.17) is 0 Å². The van der Waals surface area contributed by atoms with Crippen LogP contribution in [0.2, 0.25) is 0 Å². The van der Waals surface area contributed by atoms with E-state index in [-0.39, 0.29) is 0 Å². The molecule has 1 atom stereocenters. The maximum Gasteiger partial charge on any atom is 0.180 e. The molecule has 0 nitrogen and oxygen atoms in total. The van der Waals surface area contributed by atoms with Crippen LogP contribution in [0.1, 0.15) is 5.56 Å². The van der Waals surface area contributed by atoms with Crippen molar-refractivity contribution in [2.75, 3.05) is 0 Å². The lowest BCUT2D eigenvalue weighted by Gasteiger charge is -1.88. The Morgan fingerprint density at radius 1 is 1.18 bits per heavy atom. The van der Waals surface area contributed by atoms with Crippen molar-refractivity contribution in [3.8, 4) is 0 Å². The zero-order valence-corrected chi connectivity index (χ0v) is 7.61. The lowest BCUT2D eigenvalue weighted by Crippen LogP contribution is -1.68. The third-order valence-corrected chi connectivity index (χ3v) is 3.57. The molecular weight excluding hydrogens is 152 g/mol. The van der Waals surface area contributed by atoms with Crippen molar-refractivity contribution < 1.29 is 0 Å². The summed E-state index contributed by atoms with van der Waals surface area (Å²) in [5.74, 6) is 0. The molecule has 0 aliphatic rings. The third kappa shape index (κ3) is 1.05. The van der Waals surface area contributed by atoms with Crippen molar-refractivity contribution in [1.29, 1.82) is 0 Å². The maximum atomic E-state index is 2.28. The minimum Gasteiger partial charge on any atom is -0.0539 e. The molecule has 0 saturated heterocycles. The maximum absolute atomic E-state index is 2.28. The smallest absolute Gasteiger partial charge is 0.0539 e. The first kappa shape index (κ1) is 6.86. The fourth-order valence-corrected chi connectivity index (χ4v) is 2.62. The normalized spacial score (nSPS) is 12.4. The molecule has 0 bridgehead atoms. The number of benzene rings is 1. The first-order valence-corrected chi connectivity index (χ1v) is 5.40. The monoisotopic (exact) mass is 163 g/mol. The van der Waals surface area contributed by atoms with Crippen LogP contribution in [0.3, 0.4) is 0 Å². The predicted molar refractivity (Wildman–Crippen MR) is 52.1 cm³/mol. The average molecular weight is 163 g/mol. The number of hydrogen-bond donors (Lipinski definition) is 0. The quantitative estimate of drug-likeness (QED) is 0.522. The van der Waals surface area contributed by atoms with Crippen LogP contribution < -0.4 is 0 Å². The Kier molecular flexibility index (Phi) is 1.46. The number of thiophene rings is 1. The second kappa shape index (κ2) is 2.35. The Bertz CT molecular complexity index is 385. The molecule has 2 rings (SSSR count). The summed E-state index contributed by atoms with van der Waals surface area (Å²) in [6.07, 6.45) is 2.26. The van der Waals surface area contributed by atoms with Crippen molar-refractivity contribution in [1.82, 2.24) is 0 Å². The zero-order chi connectivity index (χ0) is 7.84. The van der Waals surface area contributed by atoms with Crippen LogP contribution in [-0.2, 0) is 6.26 Å². The molecule has 0 N–H and O–H groups in total. The summed E-state index contributed by atoms with van der Waals surface area (Å²) in [6.45, 7) is 2.14. The number of aryl methyl sites for hydroxylation is 2. The van der Waals surface area contributed by atoms with Crippen LogP contribution in [0.15, 0.2) is 29.6 Å². The van der Waals surface area contributed by atoms with Crippen LogP contribution in [0.25, 0.3) is 10.1 Å². The SMILES string of the molecule is Cc1ccc2c(cc[s+]2C)c1. The van der Waals surface area contributed by atoms with E-state index in [9.17, 15) is 0 Å². The van der Waals surface area contributed by atoms with E-state index < -0.39 is 0 Å². The summed E-state index contributed by atoms with van der Waals surface area (Å²) < 4.78 is 1.50. The predicted octanol–water partition coefficient (Wildman–Crippen LogP) is 3.43. The highest BCUT2D eigenvalue weighted by molar-refractivity contribution is 7.34. The van der Waals surface area contributed by atoms with Gasteiger partial charge in [0, 0.05) is 11.5 Å². The minimum absolute atomic E-state index is 0.363. The van der Waals surface area contributed by atoms with Gasteiger partial charge in [0.2, 0.25) is 0 Å². The lowest BCUT2D eigenvalue weighted by molar-refractivity contribution is 1.51. The molecule has 2 aromatic rings. The molecule has 1 aromatic heterocycles. The van der Waals surface area contributed by atoms with E-state index in [0.29, 0.717) is 10.5 Å². The minimum atomic E-state index is 0.363. The Morgan fingerprint density at radius 2 is 2.00 bits per heavy atom. The van der Waals surface area contributed by atoms with Gasteiger partial charge in [0.05, 0.1) is 0 Å². The van der Waals surface area contributed by atoms with Gasteiger partial charge in [-0.1, -0.05) is 11.6 Å². The van der Waals surface area contributed by atoms with Crippen molar-refractivity contribution in [2.45, 2.75) is 6.92 Å². The van der Waals surface area contributed by atoms with E-state index in [0.717, 1.165) is 0 Å². The highest BCUT2D eigenvalue weighted by Gasteiger charge is 2.05. The van der Waals surface area contributed by atoms with Gasteiger partial charge in [0.15, 0.2) is 4.70 Å². The first-order valence-electron chi connectivity index (χ1n) is 3.71. The summed E-state index contributed by atoms with van der Waals surface area (Å²) >= 11 is 0. The topological polar surface area (TPSA) is 0 Å². The summed E-state index contributed by atoms with van der Waals surface area (Å²) in [5.41, 5.74) is 1.35. The molecule has 1 heteroatoms. The fraction of sp³-hybridized carbons (Fsp3) is 0.200. The van der Waals surface area contributed by atoms with E-state index >= 15 is 0 Å². The third-order valence-electron chi connectivity index (χ3n) is 1.96. The van der Waals surface area contributed by atoms with Crippen molar-refractivity contribution in [3.63, 3.8) is 0 Å². The molecule has 56 valence electrons. The summed E-state index contributed by atoms with van der Waals surface area (Å²) in [5, 5.41) is 3.69. The number of fused-ring (bicyclic) bond motifs is 1. The second-order valence-corrected chi connectivity index (χ2v) is 4.73. The van der Waals surface area contributed by atoms with E-state index in [1.54, 1.807) is 0 Å². The molecule has 0 saturated carbocycles. The Hall–Kier alpha value is -0.820. The van der Waals surface area contributed by atoms with Gasteiger partial charge in [-0.05, 0) is 29.5 Å². The standard InChI is InChI=1S/C10H11S/c1-8-3-4-10-9(7-8)5-6-11(10)2/h3-7H,1-2H3/q+1. The van der Waals surface area contributed by atoms with Crippen molar-refractivity contribution in [2.24, 2.45) is 6.26 Å².